The van der Waals surface area contributed by atoms with Crippen molar-refractivity contribution in [3.8, 4) is 17.2 Å². The fourth-order valence-electron chi connectivity index (χ4n) is 5.18. The Morgan fingerprint density at radius 3 is 2.46 bits per heavy atom. The summed E-state index contributed by atoms with van der Waals surface area (Å²) in [6, 6.07) is 24.1. The van der Waals surface area contributed by atoms with Crippen LogP contribution in [0.3, 0.4) is 0 Å². The number of nitrogens with one attached hydrogen (secondary N) is 1. The third kappa shape index (κ3) is 6.27. The number of aromatic nitrogens is 1. The molecule has 37 heavy (non-hydrogen) atoms. The number of H-pyrrole nitrogens is 1. The highest BCUT2D eigenvalue weighted by Gasteiger charge is 2.20. The van der Waals surface area contributed by atoms with Gasteiger partial charge in [-0.15, -0.1) is 0 Å². The van der Waals surface area contributed by atoms with E-state index in [9.17, 15) is 5.11 Å². The third-order valence-electron chi connectivity index (χ3n) is 6.96. The van der Waals surface area contributed by atoms with Crippen molar-refractivity contribution in [1.29, 1.82) is 0 Å². The number of nitrogens with zero attached hydrogens (tertiary/aromatic N) is 1. The Morgan fingerprint density at radius 1 is 0.865 bits per heavy atom. The molecular weight excluding hydrogens is 464 g/mol. The summed E-state index contributed by atoms with van der Waals surface area (Å²) in [5.74, 6) is 2.29. The Balaban J connectivity index is 1.22. The van der Waals surface area contributed by atoms with E-state index in [1.807, 2.05) is 54.6 Å². The summed E-state index contributed by atoms with van der Waals surface area (Å²) < 4.78 is 17.6. The lowest BCUT2D eigenvalue weighted by molar-refractivity contribution is 0.0608. The first-order valence-corrected chi connectivity index (χ1v) is 13.2. The van der Waals surface area contributed by atoms with E-state index in [0.717, 1.165) is 29.9 Å². The Hall–Kier alpha value is -3.48. The third-order valence-corrected chi connectivity index (χ3v) is 6.96. The van der Waals surface area contributed by atoms with E-state index >= 15 is 0 Å². The summed E-state index contributed by atoms with van der Waals surface area (Å²) in [6.07, 6.45) is 3.97. The lowest BCUT2D eigenvalue weighted by atomic mass is 9.95. The first kappa shape index (κ1) is 25.2. The Bertz CT molecular complexity index is 1290. The van der Waals surface area contributed by atoms with Gasteiger partial charge in [0.05, 0.1) is 7.11 Å². The number of para-hydroxylation sites is 2. The van der Waals surface area contributed by atoms with Crippen LogP contribution >= 0.6 is 0 Å². The van der Waals surface area contributed by atoms with Gasteiger partial charge in [-0.3, -0.25) is 4.90 Å². The molecule has 0 saturated carbocycles. The molecule has 2 N–H and O–H groups in total. The highest BCUT2D eigenvalue weighted by atomic mass is 16.5. The molecule has 1 aromatic heterocycles. The molecule has 6 nitrogen and oxygen atoms in total. The van der Waals surface area contributed by atoms with Crippen LogP contribution in [0.25, 0.3) is 10.9 Å². The van der Waals surface area contributed by atoms with Gasteiger partial charge in [-0.05, 0) is 61.1 Å². The number of ether oxygens (including phenoxy) is 3. The van der Waals surface area contributed by atoms with Crippen molar-refractivity contribution in [2.24, 2.45) is 0 Å². The minimum absolute atomic E-state index is 0.234. The average molecular weight is 501 g/mol. The number of benzene rings is 3. The standard InChI is InChI=1S/C31H36N2O4/c1-35-28-15-7-8-16-29(28)36-19-18-33(20-23-10-3-2-4-11-23)21-24(34)22-37-30-17-9-14-27-31(30)25-12-5-6-13-26(25)32-27/h2-4,7-11,14-17,24,32,34H,5-6,12-13,18-22H2,1H3. The van der Waals surface area contributed by atoms with Gasteiger partial charge in [0.1, 0.15) is 25.1 Å². The van der Waals surface area contributed by atoms with Crippen molar-refractivity contribution in [3.63, 3.8) is 0 Å². The second-order valence-corrected chi connectivity index (χ2v) is 9.65. The second kappa shape index (κ2) is 12.2. The van der Waals surface area contributed by atoms with E-state index < -0.39 is 6.10 Å². The molecule has 1 atom stereocenters. The molecule has 1 aliphatic rings. The van der Waals surface area contributed by atoms with E-state index in [1.54, 1.807) is 7.11 Å². The molecule has 0 bridgehead atoms. The molecular formula is C31H36N2O4. The van der Waals surface area contributed by atoms with Crippen molar-refractivity contribution >= 4 is 10.9 Å². The number of rotatable bonds is 12. The van der Waals surface area contributed by atoms with E-state index in [-0.39, 0.29) is 6.61 Å². The number of aliphatic hydroxyl groups is 1. The molecule has 0 saturated heterocycles. The summed E-state index contributed by atoms with van der Waals surface area (Å²) in [5.41, 5.74) is 5.03. The number of hydrogen-bond donors (Lipinski definition) is 2. The van der Waals surface area contributed by atoms with Gasteiger partial charge < -0.3 is 24.3 Å². The molecule has 1 heterocycles. The van der Waals surface area contributed by atoms with Crippen LogP contribution < -0.4 is 14.2 Å². The fraction of sp³-hybridized carbons (Fsp3) is 0.355. The van der Waals surface area contributed by atoms with Gasteiger partial charge in [-0.1, -0.05) is 48.5 Å². The Kier molecular flexibility index (Phi) is 8.28. The molecule has 5 rings (SSSR count). The Labute approximate surface area is 218 Å². The monoisotopic (exact) mass is 500 g/mol. The zero-order valence-electron chi connectivity index (χ0n) is 21.5. The van der Waals surface area contributed by atoms with Crippen LogP contribution in [-0.4, -0.2) is 54.5 Å². The molecule has 0 spiro atoms. The molecule has 6 heteroatoms. The van der Waals surface area contributed by atoms with E-state index in [2.05, 4.69) is 28.1 Å². The summed E-state index contributed by atoms with van der Waals surface area (Å²) in [5, 5.41) is 12.2. The molecule has 0 radical (unpaired) electrons. The van der Waals surface area contributed by atoms with Gasteiger partial charge in [0, 0.05) is 36.2 Å². The topological polar surface area (TPSA) is 67.0 Å². The number of aromatic amines is 1. The van der Waals surface area contributed by atoms with Crippen LogP contribution in [0, 0.1) is 0 Å². The number of fused-ring (bicyclic) bond motifs is 3. The number of methoxy groups -OCH3 is 1. The molecule has 3 aromatic carbocycles. The van der Waals surface area contributed by atoms with Crippen LogP contribution in [0.4, 0.5) is 0 Å². The second-order valence-electron chi connectivity index (χ2n) is 9.65. The first-order valence-electron chi connectivity index (χ1n) is 13.2. The highest BCUT2D eigenvalue weighted by Crippen LogP contribution is 2.35. The lowest BCUT2D eigenvalue weighted by Crippen LogP contribution is -2.37. The molecule has 1 unspecified atom stereocenters. The van der Waals surface area contributed by atoms with Gasteiger partial charge in [0.15, 0.2) is 11.5 Å². The van der Waals surface area contributed by atoms with Gasteiger partial charge in [0.2, 0.25) is 0 Å². The van der Waals surface area contributed by atoms with Crippen LogP contribution in [0.15, 0.2) is 72.8 Å². The molecule has 0 amide bonds. The van der Waals surface area contributed by atoms with E-state index in [4.69, 9.17) is 14.2 Å². The average Bonchev–Trinajstić information content (AvgIpc) is 3.32. The number of aryl methyl sites for hydroxylation is 2. The quantitative estimate of drug-likeness (QED) is 0.274. The zero-order chi connectivity index (χ0) is 25.5. The maximum atomic E-state index is 11.0. The van der Waals surface area contributed by atoms with Crippen LogP contribution in [0.5, 0.6) is 17.2 Å². The van der Waals surface area contributed by atoms with Crippen LogP contribution in [-0.2, 0) is 19.4 Å². The predicted octanol–water partition coefficient (Wildman–Crippen LogP) is 5.38. The molecule has 1 aliphatic carbocycles. The highest BCUT2D eigenvalue weighted by molar-refractivity contribution is 5.90. The number of aliphatic hydroxyl groups excluding tert-OH is 1. The molecule has 0 aliphatic heterocycles. The minimum Gasteiger partial charge on any atom is -0.493 e. The van der Waals surface area contributed by atoms with Crippen LogP contribution in [0.2, 0.25) is 0 Å². The molecule has 4 aromatic rings. The fourth-order valence-corrected chi connectivity index (χ4v) is 5.18. The SMILES string of the molecule is COc1ccccc1OCCN(Cc1ccccc1)CC(O)COc1cccc2[nH]c3c(c12)CCCC3. The van der Waals surface area contributed by atoms with E-state index in [1.165, 1.54) is 35.0 Å². The first-order chi connectivity index (χ1) is 18.2. The van der Waals surface area contributed by atoms with E-state index in [0.29, 0.717) is 32.0 Å². The summed E-state index contributed by atoms with van der Waals surface area (Å²) in [6.45, 7) is 2.57. The lowest BCUT2D eigenvalue weighted by Gasteiger charge is -2.25. The zero-order valence-corrected chi connectivity index (χ0v) is 21.5. The molecule has 0 fully saturated rings. The molecule has 194 valence electrons. The summed E-state index contributed by atoms with van der Waals surface area (Å²) in [4.78, 5) is 5.78. The maximum absolute atomic E-state index is 11.0. The normalized spacial score (nSPS) is 13.9. The van der Waals surface area contributed by atoms with Crippen molar-refractivity contribution in [2.45, 2.75) is 38.3 Å². The van der Waals surface area contributed by atoms with Crippen molar-refractivity contribution < 1.29 is 19.3 Å². The Morgan fingerprint density at radius 2 is 1.62 bits per heavy atom. The minimum atomic E-state index is -0.639. The predicted molar refractivity (Wildman–Crippen MR) is 147 cm³/mol. The maximum Gasteiger partial charge on any atom is 0.161 e. The largest absolute Gasteiger partial charge is 0.493 e. The van der Waals surface area contributed by atoms with Crippen LogP contribution in [0.1, 0.15) is 29.7 Å². The van der Waals surface area contributed by atoms with Gasteiger partial charge >= 0.3 is 0 Å². The smallest absolute Gasteiger partial charge is 0.161 e. The van der Waals surface area contributed by atoms with Crippen molar-refractivity contribution in [2.75, 3.05) is 33.4 Å². The van der Waals surface area contributed by atoms with Gasteiger partial charge in [0.25, 0.3) is 0 Å². The van der Waals surface area contributed by atoms with Crippen molar-refractivity contribution in [3.05, 3.63) is 89.6 Å². The van der Waals surface area contributed by atoms with Gasteiger partial charge in [-0.25, -0.2) is 0 Å². The number of hydrogen-bond acceptors (Lipinski definition) is 5. The van der Waals surface area contributed by atoms with Crippen molar-refractivity contribution in [1.82, 2.24) is 9.88 Å². The summed E-state index contributed by atoms with van der Waals surface area (Å²) >= 11 is 0. The summed E-state index contributed by atoms with van der Waals surface area (Å²) in [7, 11) is 1.64. The van der Waals surface area contributed by atoms with Gasteiger partial charge in [-0.2, -0.15) is 0 Å².